The second-order valence-corrected chi connectivity index (χ2v) is 13.8. The molecule has 4 aromatic carbocycles. The highest BCUT2D eigenvalue weighted by Crippen LogP contribution is 2.39. The zero-order chi connectivity index (χ0) is 37.2. The molecule has 2 nitrogen and oxygen atoms in total. The Morgan fingerprint density at radius 2 is 1.19 bits per heavy atom. The van der Waals surface area contributed by atoms with E-state index in [0.717, 1.165) is 67.7 Å². The van der Waals surface area contributed by atoms with E-state index in [0.29, 0.717) is 0 Å². The van der Waals surface area contributed by atoms with Crippen LogP contribution >= 0.6 is 0 Å². The summed E-state index contributed by atoms with van der Waals surface area (Å²) < 4.78 is 0. The lowest BCUT2D eigenvalue weighted by molar-refractivity contribution is 0.905. The van der Waals surface area contributed by atoms with Gasteiger partial charge < -0.3 is 0 Å². The van der Waals surface area contributed by atoms with Gasteiger partial charge in [-0.25, -0.2) is 9.98 Å². The molecule has 0 heterocycles. The monoisotopic (exact) mass is 686 g/mol. The average Bonchev–Trinajstić information content (AvgIpc) is 3.47. The Labute approximate surface area is 314 Å². The molecule has 268 valence electrons. The van der Waals surface area contributed by atoms with E-state index in [1.165, 1.54) is 66.4 Å². The number of aliphatic imine (C=N–C) groups is 2. The molecule has 0 fully saturated rings. The first-order chi connectivity index (χ1) is 25.3. The number of allylic oxidation sites excluding steroid dienone is 9. The van der Waals surface area contributed by atoms with Gasteiger partial charge in [-0.3, -0.25) is 0 Å². The van der Waals surface area contributed by atoms with Gasteiger partial charge in [0.15, 0.2) is 0 Å². The molecule has 1 aliphatic carbocycles. The van der Waals surface area contributed by atoms with Crippen LogP contribution in [0, 0.1) is 0 Å². The fourth-order valence-electron chi connectivity index (χ4n) is 7.47. The molecule has 0 spiro atoms. The summed E-state index contributed by atoms with van der Waals surface area (Å²) in [4.78, 5) is 11.4. The predicted molar refractivity (Wildman–Crippen MR) is 230 cm³/mol. The van der Waals surface area contributed by atoms with Crippen molar-refractivity contribution in [3.63, 3.8) is 0 Å². The fourth-order valence-corrected chi connectivity index (χ4v) is 7.47. The summed E-state index contributed by atoms with van der Waals surface area (Å²) in [6, 6.07) is 22.8. The molecular weight excluding hydrogens is 629 g/mol. The Morgan fingerprint density at radius 1 is 0.692 bits per heavy atom. The van der Waals surface area contributed by atoms with Crippen molar-refractivity contribution >= 4 is 33.6 Å². The summed E-state index contributed by atoms with van der Waals surface area (Å²) in [6.07, 6.45) is 21.9. The Morgan fingerprint density at radius 3 is 1.65 bits per heavy atom. The first-order valence-corrected chi connectivity index (χ1v) is 19.7. The molecule has 0 radical (unpaired) electrons. The second-order valence-electron chi connectivity index (χ2n) is 13.8. The summed E-state index contributed by atoms with van der Waals surface area (Å²) in [5, 5.41) is 2.48. The van der Waals surface area contributed by atoms with E-state index in [4.69, 9.17) is 9.98 Å². The maximum atomic E-state index is 5.68. The summed E-state index contributed by atoms with van der Waals surface area (Å²) >= 11 is 0. The quantitative estimate of drug-likeness (QED) is 0.111. The molecule has 52 heavy (non-hydrogen) atoms. The van der Waals surface area contributed by atoms with Gasteiger partial charge in [0, 0.05) is 22.4 Å². The van der Waals surface area contributed by atoms with Gasteiger partial charge in [0.2, 0.25) is 0 Å². The van der Waals surface area contributed by atoms with E-state index < -0.39 is 0 Å². The molecule has 0 aromatic heterocycles. The van der Waals surface area contributed by atoms with E-state index >= 15 is 0 Å². The van der Waals surface area contributed by atoms with Crippen LogP contribution in [0.1, 0.15) is 119 Å². The minimum Gasteiger partial charge on any atom is -0.246 e. The van der Waals surface area contributed by atoms with Crippen molar-refractivity contribution in [2.75, 3.05) is 0 Å². The molecule has 0 saturated carbocycles. The third-order valence-corrected chi connectivity index (χ3v) is 10.4. The molecule has 5 rings (SSSR count). The minimum atomic E-state index is 0.245. The van der Waals surface area contributed by atoms with Gasteiger partial charge >= 0.3 is 0 Å². The van der Waals surface area contributed by atoms with Crippen molar-refractivity contribution in [3.05, 3.63) is 165 Å². The minimum absolute atomic E-state index is 0.245. The van der Waals surface area contributed by atoms with Crippen LogP contribution in [0.15, 0.2) is 131 Å². The number of nitrogens with zero attached hydrogens (tertiary/aromatic N) is 2. The molecule has 0 amide bonds. The molecule has 1 aliphatic rings. The van der Waals surface area contributed by atoms with E-state index in [1.807, 2.05) is 6.08 Å². The first-order valence-electron chi connectivity index (χ1n) is 19.7. The highest BCUT2D eigenvalue weighted by atomic mass is 14.8. The van der Waals surface area contributed by atoms with Gasteiger partial charge in [-0.05, 0) is 102 Å². The smallest absolute Gasteiger partial charge is 0.0979 e. The number of rotatable bonds is 15. The number of aryl methyl sites for hydroxylation is 4. The highest BCUT2D eigenvalue weighted by Gasteiger charge is 2.29. The van der Waals surface area contributed by atoms with Crippen molar-refractivity contribution in [1.82, 2.24) is 0 Å². The molecule has 4 aromatic rings. The first kappa shape index (κ1) is 38.4. The van der Waals surface area contributed by atoms with Gasteiger partial charge in [-0.15, -0.1) is 0 Å². The van der Waals surface area contributed by atoms with Crippen molar-refractivity contribution in [1.29, 1.82) is 0 Å². The van der Waals surface area contributed by atoms with Crippen molar-refractivity contribution < 1.29 is 0 Å². The maximum absolute atomic E-state index is 5.68. The van der Waals surface area contributed by atoms with Gasteiger partial charge in [-0.2, -0.15) is 0 Å². The molecular formula is C50H58N2. The van der Waals surface area contributed by atoms with E-state index in [2.05, 4.69) is 159 Å². The van der Waals surface area contributed by atoms with Crippen LogP contribution < -0.4 is 0 Å². The van der Waals surface area contributed by atoms with E-state index in [-0.39, 0.29) is 5.92 Å². The van der Waals surface area contributed by atoms with Crippen molar-refractivity contribution in [3.8, 4) is 0 Å². The average molecular weight is 687 g/mol. The molecule has 0 saturated heterocycles. The summed E-state index contributed by atoms with van der Waals surface area (Å²) in [7, 11) is 0. The Kier molecular flexibility index (Phi) is 13.4. The molecule has 0 aliphatic heterocycles. The second kappa shape index (κ2) is 18.1. The normalized spacial score (nSPS) is 15.6. The number of hydrogen-bond donors (Lipinski definition) is 0. The number of benzene rings is 4. The zero-order valence-corrected chi connectivity index (χ0v) is 32.9. The van der Waals surface area contributed by atoms with Gasteiger partial charge in [0.25, 0.3) is 0 Å². The van der Waals surface area contributed by atoms with Crippen LogP contribution in [0.25, 0.3) is 10.8 Å². The van der Waals surface area contributed by atoms with Crippen LogP contribution in [0.2, 0.25) is 0 Å². The van der Waals surface area contributed by atoms with Crippen molar-refractivity contribution in [2.45, 2.75) is 106 Å². The SMILES string of the molecule is C=C/C=C(\C=C/CC)C(C)c1cc(CC)c(N=C2C(=Nc3c(CC)cc(CC(/C=C\CC)=C/C)cc3CC)c3cccc4cccc2c34)c(CC)c1. The predicted octanol–water partition coefficient (Wildman–Crippen LogP) is 14.0. The third-order valence-electron chi connectivity index (χ3n) is 10.4. The van der Waals surface area contributed by atoms with Crippen molar-refractivity contribution in [2.24, 2.45) is 9.98 Å². The van der Waals surface area contributed by atoms with E-state index in [9.17, 15) is 0 Å². The Balaban J connectivity index is 1.72. The fraction of sp³-hybridized carbons (Fsp3) is 0.320. The summed E-state index contributed by atoms with van der Waals surface area (Å²) in [5.74, 6) is 0.245. The van der Waals surface area contributed by atoms with Gasteiger partial charge in [0.1, 0.15) is 0 Å². The highest BCUT2D eigenvalue weighted by molar-refractivity contribution is 6.61. The standard InChI is InChI=1S/C50H58N2/c1-10-18-23-35(13-4)29-36-30-37(14-5)47(38(15-6)31-36)51-49-44-27-20-25-42-26-21-28-45(46(42)44)50(49)52-48-39(16-7)32-43(33-40(48)17-8)34(9)41(22-12-3)24-19-11-2/h12-13,18-28,30-34H,3,10-11,14-17,29H2,1-2,4-9H3/b23-18-,24-19-,35-13+,41-22+,51-49?,52-50?. The van der Waals surface area contributed by atoms with Gasteiger partial charge in [0.05, 0.1) is 22.8 Å². The van der Waals surface area contributed by atoms with Gasteiger partial charge in [-0.1, -0.05) is 158 Å². The topological polar surface area (TPSA) is 24.7 Å². The van der Waals surface area contributed by atoms with Crippen LogP contribution in [0.5, 0.6) is 0 Å². The van der Waals surface area contributed by atoms with Crippen LogP contribution in [-0.2, 0) is 32.1 Å². The van der Waals surface area contributed by atoms with Crippen LogP contribution in [0.4, 0.5) is 11.4 Å². The summed E-state index contributed by atoms with van der Waals surface area (Å²) in [5.41, 5.74) is 16.9. The number of hydrogen-bond acceptors (Lipinski definition) is 2. The molecule has 2 heteroatoms. The van der Waals surface area contributed by atoms with Crippen LogP contribution in [-0.4, -0.2) is 11.4 Å². The van der Waals surface area contributed by atoms with Crippen LogP contribution in [0.3, 0.4) is 0 Å². The Bertz CT molecular complexity index is 2050. The molecule has 0 bridgehead atoms. The summed E-state index contributed by atoms with van der Waals surface area (Å²) in [6.45, 7) is 21.8. The lowest BCUT2D eigenvalue weighted by atomic mass is 9.88. The zero-order valence-electron chi connectivity index (χ0n) is 32.9. The largest absolute Gasteiger partial charge is 0.246 e. The molecule has 1 unspecified atom stereocenters. The molecule has 1 atom stereocenters. The maximum Gasteiger partial charge on any atom is 0.0979 e. The lowest BCUT2D eigenvalue weighted by Gasteiger charge is -2.19. The lowest BCUT2D eigenvalue weighted by Crippen LogP contribution is -2.12. The molecule has 0 N–H and O–H groups in total. The third kappa shape index (κ3) is 8.13. The van der Waals surface area contributed by atoms with E-state index in [1.54, 1.807) is 0 Å². The Hall–Kier alpha value is -4.82.